The molecule has 5 nitrogen and oxygen atoms in total. The van der Waals surface area contributed by atoms with Gasteiger partial charge in [0.05, 0.1) is 0 Å². The molecule has 1 aromatic heterocycles. The third-order valence-electron chi connectivity index (χ3n) is 4.68. The van der Waals surface area contributed by atoms with E-state index in [1.165, 1.54) is 11.1 Å². The Bertz CT molecular complexity index is 937. The molecule has 2 aromatic carbocycles. The first kappa shape index (κ1) is 16.3. The van der Waals surface area contributed by atoms with Gasteiger partial charge in [-0.2, -0.15) is 0 Å². The third kappa shape index (κ3) is 3.04. The minimum atomic E-state index is -0.108. The molecule has 0 fully saturated rings. The van der Waals surface area contributed by atoms with Gasteiger partial charge >= 0.3 is 0 Å². The van der Waals surface area contributed by atoms with E-state index in [2.05, 4.69) is 34.6 Å². The highest BCUT2D eigenvalue weighted by molar-refractivity contribution is 6.06. The molecule has 1 N–H and O–H groups in total. The number of rotatable bonds is 4. The summed E-state index contributed by atoms with van der Waals surface area (Å²) >= 11 is 0. The van der Waals surface area contributed by atoms with E-state index in [0.717, 1.165) is 24.2 Å². The summed E-state index contributed by atoms with van der Waals surface area (Å²) in [4.78, 5) is 14.6. The van der Waals surface area contributed by atoms with Crippen LogP contribution in [-0.4, -0.2) is 22.6 Å². The highest BCUT2D eigenvalue weighted by Gasteiger charge is 2.26. The average molecular weight is 344 g/mol. The number of nitrogens with zero attached hydrogens (tertiary/aromatic N) is 3. The molecule has 0 saturated carbocycles. The van der Waals surface area contributed by atoms with Crippen LogP contribution in [0.2, 0.25) is 0 Å². The number of benzene rings is 2. The molecule has 130 valence electrons. The number of aryl methyl sites for hydroxylation is 1. The second-order valence-corrected chi connectivity index (χ2v) is 6.28. The van der Waals surface area contributed by atoms with E-state index < -0.39 is 0 Å². The van der Waals surface area contributed by atoms with Crippen molar-refractivity contribution in [2.45, 2.75) is 19.8 Å². The molecule has 1 amide bonds. The summed E-state index contributed by atoms with van der Waals surface area (Å²) in [6.45, 7) is 2.80. The normalized spacial score (nSPS) is 12.7. The second-order valence-electron chi connectivity index (χ2n) is 6.28. The van der Waals surface area contributed by atoms with Crippen molar-refractivity contribution < 1.29 is 4.79 Å². The van der Waals surface area contributed by atoms with Gasteiger partial charge in [0.1, 0.15) is 0 Å². The number of carbonyl (C=O) groups is 1. The number of hydrogen-bond acceptors (Lipinski definition) is 4. The zero-order valence-electron chi connectivity index (χ0n) is 14.6. The van der Waals surface area contributed by atoms with Crippen LogP contribution in [0.3, 0.4) is 0 Å². The van der Waals surface area contributed by atoms with Gasteiger partial charge in [-0.25, -0.2) is 0 Å². The van der Waals surface area contributed by atoms with Crippen molar-refractivity contribution in [3.05, 3.63) is 77.5 Å². The Morgan fingerprint density at radius 2 is 1.85 bits per heavy atom. The molecule has 2 heterocycles. The zero-order valence-corrected chi connectivity index (χ0v) is 14.6. The summed E-state index contributed by atoms with van der Waals surface area (Å²) in [5, 5.41) is 11.6. The largest absolute Gasteiger partial charge is 0.339 e. The Morgan fingerprint density at radius 3 is 2.65 bits per heavy atom. The van der Waals surface area contributed by atoms with Crippen LogP contribution >= 0.6 is 0 Å². The maximum Gasteiger partial charge on any atom is 0.278 e. The van der Waals surface area contributed by atoms with Gasteiger partial charge < -0.3 is 10.2 Å². The van der Waals surface area contributed by atoms with Gasteiger partial charge in [-0.15, -0.1) is 10.2 Å². The van der Waals surface area contributed by atoms with Gasteiger partial charge in [0.2, 0.25) is 0 Å². The molecule has 1 aliphatic heterocycles. The molecule has 0 atom stereocenters. The molecule has 0 bridgehead atoms. The van der Waals surface area contributed by atoms with Crippen LogP contribution < -0.4 is 10.2 Å². The minimum Gasteiger partial charge on any atom is -0.339 e. The first-order valence-electron chi connectivity index (χ1n) is 8.84. The summed E-state index contributed by atoms with van der Waals surface area (Å²) < 4.78 is 0. The molecule has 0 radical (unpaired) electrons. The van der Waals surface area contributed by atoms with Crippen LogP contribution in [0, 0.1) is 0 Å². The Morgan fingerprint density at radius 1 is 1.04 bits per heavy atom. The molecule has 0 spiro atoms. The number of amides is 1. The van der Waals surface area contributed by atoms with E-state index >= 15 is 0 Å². The van der Waals surface area contributed by atoms with Gasteiger partial charge in [0, 0.05) is 17.9 Å². The number of fused-ring (bicyclic) bond motifs is 1. The highest BCUT2D eigenvalue weighted by Crippen LogP contribution is 2.28. The van der Waals surface area contributed by atoms with Crippen LogP contribution in [0.5, 0.6) is 0 Å². The number of hydrogen-bond donors (Lipinski definition) is 1. The maximum absolute atomic E-state index is 12.8. The summed E-state index contributed by atoms with van der Waals surface area (Å²) in [6.07, 6.45) is 1.81. The first-order chi connectivity index (χ1) is 12.8. The lowest BCUT2D eigenvalue weighted by Gasteiger charge is -2.16. The average Bonchev–Trinajstić information content (AvgIpc) is 3.12. The highest BCUT2D eigenvalue weighted by atomic mass is 16.2. The van der Waals surface area contributed by atoms with Crippen LogP contribution in [0.15, 0.2) is 60.7 Å². The molecule has 0 unspecified atom stereocenters. The number of carbonyl (C=O) groups excluding carboxylic acids is 1. The maximum atomic E-state index is 12.8. The molecular formula is C21H20N4O. The monoisotopic (exact) mass is 344 g/mol. The van der Waals surface area contributed by atoms with Crippen molar-refractivity contribution in [3.63, 3.8) is 0 Å². The second kappa shape index (κ2) is 6.96. The lowest BCUT2D eigenvalue weighted by atomic mass is 10.1. The fourth-order valence-electron chi connectivity index (χ4n) is 3.29. The van der Waals surface area contributed by atoms with Gasteiger partial charge in [-0.1, -0.05) is 43.3 Å². The van der Waals surface area contributed by atoms with Crippen LogP contribution in [0.1, 0.15) is 28.5 Å². The Kier molecular flexibility index (Phi) is 4.35. The lowest BCUT2D eigenvalue weighted by molar-refractivity contribution is 0.0983. The summed E-state index contributed by atoms with van der Waals surface area (Å²) in [6, 6.07) is 19.6. The smallest absolute Gasteiger partial charge is 0.278 e. The number of anilines is 3. The first-order valence-corrected chi connectivity index (χ1v) is 8.84. The predicted molar refractivity (Wildman–Crippen MR) is 103 cm³/mol. The van der Waals surface area contributed by atoms with Gasteiger partial charge in [-0.05, 0) is 48.2 Å². The summed E-state index contributed by atoms with van der Waals surface area (Å²) in [7, 11) is 0. The van der Waals surface area contributed by atoms with Crippen LogP contribution in [0.25, 0.3) is 0 Å². The van der Waals surface area contributed by atoms with Crippen molar-refractivity contribution in [2.24, 2.45) is 0 Å². The van der Waals surface area contributed by atoms with Crippen molar-refractivity contribution in [1.82, 2.24) is 10.2 Å². The van der Waals surface area contributed by atoms with Gasteiger partial charge in [0.25, 0.3) is 5.91 Å². The molecule has 26 heavy (non-hydrogen) atoms. The van der Waals surface area contributed by atoms with E-state index in [0.29, 0.717) is 18.1 Å². The van der Waals surface area contributed by atoms with Crippen molar-refractivity contribution in [3.8, 4) is 0 Å². The number of nitrogens with one attached hydrogen (secondary N) is 1. The topological polar surface area (TPSA) is 58.1 Å². The number of aromatic nitrogens is 2. The SMILES string of the molecule is CCc1ccccc1Nc1ccc(C(=O)N2CCc3ccccc32)nn1. The quantitative estimate of drug-likeness (QED) is 0.777. The van der Waals surface area contributed by atoms with Crippen molar-refractivity contribution >= 4 is 23.1 Å². The van der Waals surface area contributed by atoms with Crippen molar-refractivity contribution in [2.75, 3.05) is 16.8 Å². The number of para-hydroxylation sites is 2. The fourth-order valence-corrected chi connectivity index (χ4v) is 3.29. The van der Waals surface area contributed by atoms with Gasteiger partial charge in [0.15, 0.2) is 11.5 Å². The summed E-state index contributed by atoms with van der Waals surface area (Å²) in [5.41, 5.74) is 4.75. The Hall–Kier alpha value is -3.21. The molecule has 1 aliphatic rings. The van der Waals surface area contributed by atoms with Gasteiger partial charge in [-0.3, -0.25) is 4.79 Å². The molecule has 3 aromatic rings. The molecule has 0 aliphatic carbocycles. The van der Waals surface area contributed by atoms with Crippen LogP contribution in [0.4, 0.5) is 17.2 Å². The predicted octanol–water partition coefficient (Wildman–Crippen LogP) is 3.99. The van der Waals surface area contributed by atoms with Crippen LogP contribution in [-0.2, 0) is 12.8 Å². The fraction of sp³-hybridized carbons (Fsp3) is 0.190. The van der Waals surface area contributed by atoms with E-state index in [4.69, 9.17) is 0 Å². The third-order valence-corrected chi connectivity index (χ3v) is 4.68. The molecule has 5 heteroatoms. The minimum absolute atomic E-state index is 0.108. The Labute approximate surface area is 152 Å². The van der Waals surface area contributed by atoms with E-state index in [1.54, 1.807) is 17.0 Å². The van der Waals surface area contributed by atoms with E-state index in [1.807, 2.05) is 36.4 Å². The zero-order chi connectivity index (χ0) is 17.9. The van der Waals surface area contributed by atoms with E-state index in [9.17, 15) is 4.79 Å². The Balaban J connectivity index is 1.52. The molecular weight excluding hydrogens is 324 g/mol. The lowest BCUT2D eigenvalue weighted by Crippen LogP contribution is -2.29. The standard InChI is InChI=1S/C21H20N4O/c1-2-15-7-3-5-9-17(15)22-20-12-11-18(23-24-20)21(26)25-14-13-16-8-4-6-10-19(16)25/h3-12H,2,13-14H2,1H3,(H,22,24). The summed E-state index contributed by atoms with van der Waals surface area (Å²) in [5.74, 6) is 0.521. The molecule has 0 saturated heterocycles. The van der Waals surface area contributed by atoms with E-state index in [-0.39, 0.29) is 5.91 Å². The van der Waals surface area contributed by atoms with Crippen molar-refractivity contribution in [1.29, 1.82) is 0 Å². The molecule has 4 rings (SSSR count).